The van der Waals surface area contributed by atoms with Gasteiger partial charge in [0.2, 0.25) is 5.91 Å². The fourth-order valence-electron chi connectivity index (χ4n) is 14.4. The highest BCUT2D eigenvalue weighted by Gasteiger charge is 2.70. The molecule has 1 aromatic rings. The number of carboxylic acids is 1. The molecular formula is C46H69N3O3. The van der Waals surface area contributed by atoms with E-state index in [9.17, 15) is 14.7 Å². The van der Waals surface area contributed by atoms with Crippen LogP contribution in [0.15, 0.2) is 42.5 Å². The van der Waals surface area contributed by atoms with Crippen LogP contribution in [0.4, 0.5) is 0 Å². The largest absolute Gasteiger partial charge is 0.478 e. The standard InChI is InChI=1S/C46H69N3O3/c1-30(2)34-16-21-46(47-24-25-48-26-28-49(29-27-48)40(50)31(3)4)23-22-44(8)36(39(34)46)14-15-38-43(7)19-17-35(32-10-12-33(13-11-32)41(51)52)42(5,6)37(43)18-20-45(38,44)9/h10-13,17,31,34,36-39,47H,1,14-16,18-29H2,2-9H3,(H,51,52)/t34-,36+,37?,38?,39?,43-,44+,45+,46-/m0/s1. The van der Waals surface area contributed by atoms with E-state index >= 15 is 0 Å². The number of piperazine rings is 1. The van der Waals surface area contributed by atoms with E-state index in [1.807, 2.05) is 26.0 Å². The van der Waals surface area contributed by atoms with Gasteiger partial charge in [0, 0.05) is 50.7 Å². The van der Waals surface area contributed by atoms with E-state index in [4.69, 9.17) is 0 Å². The van der Waals surface area contributed by atoms with Gasteiger partial charge in [0.1, 0.15) is 0 Å². The summed E-state index contributed by atoms with van der Waals surface area (Å²) in [7, 11) is 0. The lowest BCUT2D eigenvalue weighted by Crippen LogP contribution is -2.68. The van der Waals surface area contributed by atoms with Crippen LogP contribution in [0, 0.1) is 57.2 Å². The van der Waals surface area contributed by atoms with Gasteiger partial charge in [-0.2, -0.15) is 0 Å². The highest BCUT2D eigenvalue weighted by atomic mass is 16.4. The fraction of sp³-hybridized carbons (Fsp3) is 0.739. The Hall–Kier alpha value is -2.44. The summed E-state index contributed by atoms with van der Waals surface area (Å²) in [6.45, 7) is 29.8. The molecular weight excluding hydrogens is 643 g/mol. The van der Waals surface area contributed by atoms with Crippen LogP contribution < -0.4 is 5.32 Å². The summed E-state index contributed by atoms with van der Waals surface area (Å²) in [6, 6.07) is 7.63. The molecule has 52 heavy (non-hydrogen) atoms. The minimum absolute atomic E-state index is 0.0234. The quantitative estimate of drug-likeness (QED) is 0.263. The van der Waals surface area contributed by atoms with E-state index in [2.05, 4.69) is 69.3 Å². The fourth-order valence-corrected chi connectivity index (χ4v) is 14.4. The molecule has 0 radical (unpaired) electrons. The maximum Gasteiger partial charge on any atom is 0.335 e. The van der Waals surface area contributed by atoms with Crippen LogP contribution in [0.1, 0.15) is 129 Å². The molecule has 5 fully saturated rings. The predicted molar refractivity (Wildman–Crippen MR) is 212 cm³/mol. The van der Waals surface area contributed by atoms with Gasteiger partial charge in [-0.15, -0.1) is 0 Å². The van der Waals surface area contributed by atoms with Crippen molar-refractivity contribution < 1.29 is 14.7 Å². The molecule has 0 bridgehead atoms. The van der Waals surface area contributed by atoms with E-state index in [-0.39, 0.29) is 22.3 Å². The van der Waals surface area contributed by atoms with Crippen molar-refractivity contribution in [1.29, 1.82) is 0 Å². The molecule has 0 aromatic heterocycles. The van der Waals surface area contributed by atoms with E-state index in [0.717, 1.165) is 45.7 Å². The van der Waals surface area contributed by atoms with Gasteiger partial charge in [-0.05, 0) is 139 Å². The van der Waals surface area contributed by atoms with Crippen LogP contribution in [0.3, 0.4) is 0 Å². The maximum absolute atomic E-state index is 12.6. The van der Waals surface area contributed by atoms with Gasteiger partial charge < -0.3 is 15.3 Å². The topological polar surface area (TPSA) is 72.9 Å². The average molecular weight is 712 g/mol. The molecule has 1 heterocycles. The third-order valence-electron chi connectivity index (χ3n) is 17.2. The van der Waals surface area contributed by atoms with E-state index in [0.29, 0.717) is 51.9 Å². The number of hydrogen-bond acceptors (Lipinski definition) is 4. The van der Waals surface area contributed by atoms with Gasteiger partial charge in [0.25, 0.3) is 0 Å². The van der Waals surface area contributed by atoms with Crippen molar-refractivity contribution >= 4 is 17.4 Å². The first kappa shape index (κ1) is 37.9. The first-order valence-electron chi connectivity index (χ1n) is 20.9. The third-order valence-corrected chi connectivity index (χ3v) is 17.2. The summed E-state index contributed by atoms with van der Waals surface area (Å²) < 4.78 is 0. The Morgan fingerprint density at radius 3 is 2.21 bits per heavy atom. The minimum atomic E-state index is -0.861. The van der Waals surface area contributed by atoms with Crippen LogP contribution >= 0.6 is 0 Å². The van der Waals surface area contributed by atoms with Gasteiger partial charge in [0.05, 0.1) is 5.56 Å². The van der Waals surface area contributed by atoms with Crippen molar-refractivity contribution in [1.82, 2.24) is 15.1 Å². The molecule has 1 saturated heterocycles. The Labute approximate surface area is 315 Å². The summed E-state index contributed by atoms with van der Waals surface area (Å²) in [6.07, 6.45) is 14.0. The van der Waals surface area contributed by atoms with Gasteiger partial charge in [-0.3, -0.25) is 9.69 Å². The molecule has 5 aliphatic carbocycles. The van der Waals surface area contributed by atoms with E-state index in [1.54, 1.807) is 12.1 Å². The normalized spacial score (nSPS) is 39.9. The Balaban J connectivity index is 1.10. The summed E-state index contributed by atoms with van der Waals surface area (Å²) in [5.74, 6) is 2.76. The van der Waals surface area contributed by atoms with Crippen LogP contribution in [0.5, 0.6) is 0 Å². The number of nitrogens with one attached hydrogen (secondary N) is 1. The number of aromatic carboxylic acids is 1. The number of rotatable bonds is 8. The molecule has 2 N–H and O–H groups in total. The molecule has 6 heteroatoms. The lowest BCUT2D eigenvalue weighted by atomic mass is 9.33. The molecule has 6 nitrogen and oxygen atoms in total. The highest BCUT2D eigenvalue weighted by Crippen LogP contribution is 2.76. The number of hydrogen-bond donors (Lipinski definition) is 2. The molecule has 1 amide bonds. The molecule has 4 saturated carbocycles. The van der Waals surface area contributed by atoms with Gasteiger partial charge in [-0.25, -0.2) is 4.79 Å². The molecule has 7 rings (SSSR count). The molecule has 9 atom stereocenters. The second-order valence-corrected chi connectivity index (χ2v) is 20.0. The number of fused-ring (bicyclic) bond motifs is 7. The molecule has 286 valence electrons. The Morgan fingerprint density at radius 1 is 0.885 bits per heavy atom. The number of amides is 1. The second kappa shape index (κ2) is 13.4. The molecule has 0 spiro atoms. The van der Waals surface area contributed by atoms with Crippen LogP contribution in [0.25, 0.3) is 5.57 Å². The second-order valence-electron chi connectivity index (χ2n) is 20.0. The lowest BCUT2D eigenvalue weighted by Gasteiger charge is -2.72. The number of nitrogens with zero attached hydrogens (tertiary/aromatic N) is 2. The summed E-state index contributed by atoms with van der Waals surface area (Å²) in [5, 5.41) is 13.8. The molecule has 1 aromatic carbocycles. The van der Waals surface area contributed by atoms with Crippen molar-refractivity contribution in [3.05, 3.63) is 53.6 Å². The molecule has 6 aliphatic rings. The van der Waals surface area contributed by atoms with Crippen molar-refractivity contribution in [3.8, 4) is 0 Å². The van der Waals surface area contributed by atoms with Gasteiger partial charge in [0.15, 0.2) is 0 Å². The zero-order chi connectivity index (χ0) is 37.4. The number of carbonyl (C=O) groups excluding carboxylic acids is 1. The van der Waals surface area contributed by atoms with E-state index in [1.165, 1.54) is 68.1 Å². The first-order chi connectivity index (χ1) is 24.5. The monoisotopic (exact) mass is 712 g/mol. The summed E-state index contributed by atoms with van der Waals surface area (Å²) in [4.78, 5) is 28.8. The zero-order valence-electron chi connectivity index (χ0n) is 33.8. The maximum atomic E-state index is 12.6. The molecule has 3 unspecified atom stereocenters. The molecule has 1 aliphatic heterocycles. The SMILES string of the molecule is C=C(C)[C@@H]1CC[C@]2(NCCN3CCN(C(=O)C(C)C)CC3)CC[C@]3(C)[C@H](CCC4[C@@]5(C)CC=C(c6ccc(C(=O)O)cc6)C(C)(C)C5CC[C@]43C)C12. The van der Waals surface area contributed by atoms with Crippen molar-refractivity contribution in [2.45, 2.75) is 119 Å². The van der Waals surface area contributed by atoms with E-state index < -0.39 is 5.97 Å². The van der Waals surface area contributed by atoms with Gasteiger partial charge >= 0.3 is 5.97 Å². The number of allylic oxidation sites excluding steroid dienone is 3. The number of benzene rings is 1. The third kappa shape index (κ3) is 5.78. The Bertz CT molecular complexity index is 1590. The van der Waals surface area contributed by atoms with Crippen LogP contribution in [-0.4, -0.2) is 71.6 Å². The summed E-state index contributed by atoms with van der Waals surface area (Å²) >= 11 is 0. The van der Waals surface area contributed by atoms with Crippen molar-refractivity contribution in [2.75, 3.05) is 39.3 Å². The number of carboxylic acid groups (broad SMARTS) is 1. The van der Waals surface area contributed by atoms with Crippen molar-refractivity contribution in [3.63, 3.8) is 0 Å². The van der Waals surface area contributed by atoms with Gasteiger partial charge in [-0.1, -0.05) is 78.8 Å². The smallest absolute Gasteiger partial charge is 0.335 e. The summed E-state index contributed by atoms with van der Waals surface area (Å²) in [5.41, 5.74) is 5.43. The van der Waals surface area contributed by atoms with Crippen LogP contribution in [0.2, 0.25) is 0 Å². The Kier molecular flexibility index (Phi) is 9.75. The Morgan fingerprint density at radius 2 is 1.58 bits per heavy atom. The minimum Gasteiger partial charge on any atom is -0.478 e. The lowest BCUT2D eigenvalue weighted by molar-refractivity contribution is -0.219. The van der Waals surface area contributed by atoms with Crippen LogP contribution in [-0.2, 0) is 4.79 Å². The first-order valence-corrected chi connectivity index (χ1v) is 20.9. The predicted octanol–water partition coefficient (Wildman–Crippen LogP) is 9.18. The van der Waals surface area contributed by atoms with Crippen molar-refractivity contribution in [2.24, 2.45) is 57.2 Å². The zero-order valence-corrected chi connectivity index (χ0v) is 33.8. The average Bonchev–Trinajstić information content (AvgIpc) is 3.48. The number of carbonyl (C=O) groups is 2. The highest BCUT2D eigenvalue weighted by molar-refractivity contribution is 5.88.